The van der Waals surface area contributed by atoms with Crippen molar-refractivity contribution in [2.24, 2.45) is 0 Å². The lowest BCUT2D eigenvalue weighted by Gasteiger charge is -2.10. The van der Waals surface area contributed by atoms with Gasteiger partial charge in [0, 0.05) is 11.0 Å². The fourth-order valence-corrected chi connectivity index (χ4v) is 2.11. The van der Waals surface area contributed by atoms with Gasteiger partial charge >= 0.3 is 0 Å². The van der Waals surface area contributed by atoms with Crippen LogP contribution in [-0.4, -0.2) is 11.5 Å². The molecule has 0 fully saturated rings. The van der Waals surface area contributed by atoms with Crippen molar-refractivity contribution in [3.05, 3.63) is 45.9 Å². The van der Waals surface area contributed by atoms with Crippen molar-refractivity contribution in [1.29, 1.82) is 0 Å². The van der Waals surface area contributed by atoms with Crippen molar-refractivity contribution >= 4 is 44.9 Å². The van der Waals surface area contributed by atoms with Gasteiger partial charge in [-0.1, -0.05) is 40.5 Å². The third-order valence-electron chi connectivity index (χ3n) is 2.50. The molecule has 0 aliphatic heterocycles. The number of hydrogen-bond donors (Lipinski definition) is 2. The van der Waals surface area contributed by atoms with Gasteiger partial charge in [0.05, 0.1) is 10.7 Å². The molecule has 1 heterocycles. The molecular weight excluding hydrogens is 326 g/mol. The van der Waals surface area contributed by atoms with Crippen molar-refractivity contribution in [3.63, 3.8) is 0 Å². The van der Waals surface area contributed by atoms with Gasteiger partial charge in [0.2, 0.25) is 0 Å². The molecule has 1 aromatic heterocycles. The fourth-order valence-electron chi connectivity index (χ4n) is 1.59. The second-order valence-corrected chi connectivity index (χ2v) is 5.41. The summed E-state index contributed by atoms with van der Waals surface area (Å²) in [5.41, 5.74) is 0.830. The van der Waals surface area contributed by atoms with Crippen LogP contribution in [0.25, 0.3) is 0 Å². The molecule has 0 aliphatic carbocycles. The predicted molar refractivity (Wildman–Crippen MR) is 85.5 cm³/mol. The lowest BCUT2D eigenvalue weighted by molar-refractivity contribution is 0.970. The minimum absolute atomic E-state index is 0.664. The van der Waals surface area contributed by atoms with Crippen LogP contribution in [0.3, 0.4) is 0 Å². The minimum Gasteiger partial charge on any atom is -0.370 e. The number of hydrogen-bond acceptors (Lipinski definition) is 3. The molecule has 1 aromatic carbocycles. The largest absolute Gasteiger partial charge is 0.370 e. The van der Waals surface area contributed by atoms with Crippen LogP contribution >= 0.6 is 27.5 Å². The van der Waals surface area contributed by atoms with E-state index >= 15 is 0 Å². The van der Waals surface area contributed by atoms with Crippen molar-refractivity contribution in [2.75, 3.05) is 17.2 Å². The van der Waals surface area contributed by atoms with Crippen LogP contribution < -0.4 is 10.6 Å². The Kier molecular flexibility index (Phi) is 5.05. The highest BCUT2D eigenvalue weighted by atomic mass is 79.9. The fraction of sp³-hybridized carbons (Fsp3) is 0.214. The Labute approximate surface area is 126 Å². The van der Waals surface area contributed by atoms with Gasteiger partial charge in [0.15, 0.2) is 0 Å². The normalized spacial score (nSPS) is 10.3. The monoisotopic (exact) mass is 339 g/mol. The van der Waals surface area contributed by atoms with Crippen LogP contribution in [0.1, 0.15) is 13.3 Å². The van der Waals surface area contributed by atoms with E-state index in [0.29, 0.717) is 5.02 Å². The van der Waals surface area contributed by atoms with E-state index in [1.807, 2.05) is 36.4 Å². The molecule has 0 amide bonds. The highest BCUT2D eigenvalue weighted by molar-refractivity contribution is 9.10. The zero-order valence-electron chi connectivity index (χ0n) is 10.6. The van der Waals surface area contributed by atoms with Crippen molar-refractivity contribution in [2.45, 2.75) is 13.3 Å². The van der Waals surface area contributed by atoms with Gasteiger partial charge in [0.1, 0.15) is 11.6 Å². The zero-order chi connectivity index (χ0) is 13.7. The number of rotatable bonds is 5. The Morgan fingerprint density at radius 1 is 1.21 bits per heavy atom. The molecule has 0 aliphatic rings. The number of aromatic nitrogens is 1. The van der Waals surface area contributed by atoms with Crippen LogP contribution in [0.5, 0.6) is 0 Å². The summed E-state index contributed by atoms with van der Waals surface area (Å²) in [6.07, 6.45) is 1.07. The molecule has 19 heavy (non-hydrogen) atoms. The molecule has 0 spiro atoms. The first kappa shape index (κ1) is 14.2. The summed E-state index contributed by atoms with van der Waals surface area (Å²) in [6, 6.07) is 11.5. The van der Waals surface area contributed by atoms with E-state index in [1.54, 1.807) is 0 Å². The summed E-state index contributed by atoms with van der Waals surface area (Å²) in [6.45, 7) is 3.03. The number of anilines is 3. The standard InChI is InChI=1S/C14H15BrClN3/c1-2-8-17-13-4-3-5-14(19-13)18-12-9-10(15)6-7-11(12)16/h3-7,9H,2,8H2,1H3,(H2,17,18,19). The number of halogens is 2. The second kappa shape index (κ2) is 6.78. The summed E-state index contributed by atoms with van der Waals surface area (Å²) >= 11 is 9.57. The van der Waals surface area contributed by atoms with Crippen molar-refractivity contribution in [3.8, 4) is 0 Å². The SMILES string of the molecule is CCCNc1cccc(Nc2cc(Br)ccc2Cl)n1. The average molecular weight is 341 g/mol. The van der Waals surface area contributed by atoms with Crippen molar-refractivity contribution < 1.29 is 0 Å². The summed E-state index contributed by atoms with van der Waals surface area (Å²) < 4.78 is 0.972. The maximum Gasteiger partial charge on any atom is 0.132 e. The molecule has 0 saturated carbocycles. The molecule has 2 N–H and O–H groups in total. The summed E-state index contributed by atoms with van der Waals surface area (Å²) in [7, 11) is 0. The van der Waals surface area contributed by atoms with E-state index in [2.05, 4.69) is 38.5 Å². The van der Waals surface area contributed by atoms with Crippen LogP contribution in [0.4, 0.5) is 17.3 Å². The van der Waals surface area contributed by atoms with Gasteiger partial charge in [-0.25, -0.2) is 4.98 Å². The van der Waals surface area contributed by atoms with Crippen molar-refractivity contribution in [1.82, 2.24) is 4.98 Å². The van der Waals surface area contributed by atoms with Gasteiger partial charge in [0.25, 0.3) is 0 Å². The van der Waals surface area contributed by atoms with Crippen LogP contribution in [0.15, 0.2) is 40.9 Å². The maximum absolute atomic E-state index is 6.14. The average Bonchev–Trinajstić information content (AvgIpc) is 2.41. The molecular formula is C14H15BrClN3. The Hall–Kier alpha value is -1.26. The lowest BCUT2D eigenvalue weighted by Crippen LogP contribution is -2.03. The third kappa shape index (κ3) is 4.11. The highest BCUT2D eigenvalue weighted by Crippen LogP contribution is 2.28. The topological polar surface area (TPSA) is 37.0 Å². The third-order valence-corrected chi connectivity index (χ3v) is 3.32. The highest BCUT2D eigenvalue weighted by Gasteiger charge is 2.03. The second-order valence-electron chi connectivity index (χ2n) is 4.08. The molecule has 0 saturated heterocycles. The number of pyridine rings is 1. The predicted octanol–water partition coefficient (Wildman–Crippen LogP) is 5.06. The van der Waals surface area contributed by atoms with Gasteiger partial charge in [-0.3, -0.25) is 0 Å². The Morgan fingerprint density at radius 3 is 2.79 bits per heavy atom. The first-order chi connectivity index (χ1) is 9.19. The van der Waals surface area contributed by atoms with E-state index in [-0.39, 0.29) is 0 Å². The molecule has 0 atom stereocenters. The van der Waals surface area contributed by atoms with Crippen LogP contribution in [-0.2, 0) is 0 Å². The van der Waals surface area contributed by atoms with E-state index in [9.17, 15) is 0 Å². The molecule has 3 nitrogen and oxygen atoms in total. The minimum atomic E-state index is 0.664. The molecule has 2 aromatic rings. The number of nitrogens with one attached hydrogen (secondary N) is 2. The summed E-state index contributed by atoms with van der Waals surface area (Å²) in [5.74, 6) is 1.62. The van der Waals surface area contributed by atoms with Gasteiger partial charge in [-0.15, -0.1) is 0 Å². The maximum atomic E-state index is 6.14. The Bertz CT molecular complexity index is 560. The molecule has 100 valence electrons. The summed E-state index contributed by atoms with van der Waals surface area (Å²) in [4.78, 5) is 4.48. The number of benzene rings is 1. The molecule has 0 unspecified atom stereocenters. The van der Waals surface area contributed by atoms with Gasteiger partial charge in [-0.05, 0) is 36.8 Å². The first-order valence-corrected chi connectivity index (χ1v) is 7.29. The summed E-state index contributed by atoms with van der Waals surface area (Å²) in [5, 5.41) is 7.13. The van der Waals surface area contributed by atoms with Crippen LogP contribution in [0, 0.1) is 0 Å². The molecule has 0 bridgehead atoms. The van der Waals surface area contributed by atoms with E-state index in [4.69, 9.17) is 11.6 Å². The van der Waals surface area contributed by atoms with E-state index in [1.165, 1.54) is 0 Å². The molecule has 0 radical (unpaired) electrons. The zero-order valence-corrected chi connectivity index (χ0v) is 12.9. The van der Waals surface area contributed by atoms with E-state index < -0.39 is 0 Å². The number of nitrogens with zero attached hydrogens (tertiary/aromatic N) is 1. The van der Waals surface area contributed by atoms with Crippen LogP contribution in [0.2, 0.25) is 5.02 Å². The Morgan fingerprint density at radius 2 is 2.00 bits per heavy atom. The molecule has 2 rings (SSSR count). The Balaban J connectivity index is 2.16. The van der Waals surface area contributed by atoms with Gasteiger partial charge < -0.3 is 10.6 Å². The van der Waals surface area contributed by atoms with E-state index in [0.717, 1.165) is 34.8 Å². The lowest BCUT2D eigenvalue weighted by atomic mass is 10.3. The quantitative estimate of drug-likeness (QED) is 0.798. The smallest absolute Gasteiger partial charge is 0.132 e. The molecule has 5 heteroatoms. The first-order valence-electron chi connectivity index (χ1n) is 6.12. The van der Waals surface area contributed by atoms with Gasteiger partial charge in [-0.2, -0.15) is 0 Å².